The zero-order valence-electron chi connectivity index (χ0n) is 14.1. The normalized spacial score (nSPS) is 19.1. The second-order valence-corrected chi connectivity index (χ2v) is 7.69. The van der Waals surface area contributed by atoms with Gasteiger partial charge in [0.05, 0.1) is 24.9 Å². The van der Waals surface area contributed by atoms with Crippen LogP contribution in [0.2, 0.25) is 0 Å². The Balaban J connectivity index is 2.11. The van der Waals surface area contributed by atoms with Gasteiger partial charge in [-0.2, -0.15) is 9.40 Å². The number of ether oxygens (including phenoxy) is 1. The van der Waals surface area contributed by atoms with Crippen molar-refractivity contribution in [2.75, 3.05) is 19.8 Å². The van der Waals surface area contributed by atoms with E-state index in [0.29, 0.717) is 23.7 Å². The molecule has 8 heteroatoms. The Morgan fingerprint density at radius 1 is 1.36 bits per heavy atom. The molecule has 2 heterocycles. The van der Waals surface area contributed by atoms with Crippen molar-refractivity contribution in [3.63, 3.8) is 0 Å². The van der Waals surface area contributed by atoms with Crippen LogP contribution in [0, 0.1) is 19.7 Å². The number of rotatable bonds is 4. The molecule has 0 radical (unpaired) electrons. The molecule has 25 heavy (non-hydrogen) atoms. The number of nitrogens with zero attached hydrogens (tertiary/aromatic N) is 3. The molecule has 1 aliphatic heterocycles. The average molecular weight is 365 g/mol. The zero-order chi connectivity index (χ0) is 18.2. The van der Waals surface area contributed by atoms with Crippen LogP contribution in [0.25, 0.3) is 5.69 Å². The lowest BCUT2D eigenvalue weighted by Crippen LogP contribution is -2.42. The predicted molar refractivity (Wildman–Crippen MR) is 92.4 cm³/mol. The van der Waals surface area contributed by atoms with E-state index in [1.54, 1.807) is 32.0 Å². The number of aryl methyl sites for hydroxylation is 1. The fourth-order valence-electron chi connectivity index (χ4n) is 3.21. The van der Waals surface area contributed by atoms with Gasteiger partial charge in [-0.1, -0.05) is 18.7 Å². The molecule has 1 aromatic carbocycles. The lowest BCUT2D eigenvalue weighted by Gasteiger charge is -2.34. The molecule has 2 aromatic rings. The molecular weight excluding hydrogens is 345 g/mol. The predicted octanol–water partition coefficient (Wildman–Crippen LogP) is 2.47. The van der Waals surface area contributed by atoms with Crippen molar-refractivity contribution < 1.29 is 17.5 Å². The summed E-state index contributed by atoms with van der Waals surface area (Å²) in [6, 6.07) is 5.82. The molecule has 1 saturated heterocycles. The van der Waals surface area contributed by atoms with Crippen LogP contribution in [-0.2, 0) is 14.8 Å². The van der Waals surface area contributed by atoms with Crippen molar-refractivity contribution >= 4 is 10.0 Å². The van der Waals surface area contributed by atoms with E-state index in [-0.39, 0.29) is 13.2 Å². The minimum atomic E-state index is -3.61. The number of para-hydroxylation sites is 1. The van der Waals surface area contributed by atoms with Gasteiger partial charge in [-0.25, -0.2) is 17.5 Å². The molecular formula is C17H20FN3O3S. The Morgan fingerprint density at radius 3 is 2.76 bits per heavy atom. The number of hydrogen-bond donors (Lipinski definition) is 0. The van der Waals surface area contributed by atoms with Gasteiger partial charge in [0.25, 0.3) is 0 Å². The summed E-state index contributed by atoms with van der Waals surface area (Å²) in [6.45, 7) is 7.77. The minimum absolute atomic E-state index is 0.220. The maximum absolute atomic E-state index is 14.2. The van der Waals surface area contributed by atoms with Crippen LogP contribution >= 0.6 is 0 Å². The van der Waals surface area contributed by atoms with Crippen LogP contribution < -0.4 is 0 Å². The van der Waals surface area contributed by atoms with Gasteiger partial charge in [0.15, 0.2) is 0 Å². The first kappa shape index (κ1) is 17.8. The summed E-state index contributed by atoms with van der Waals surface area (Å²) in [6.07, 6.45) is 0. The summed E-state index contributed by atoms with van der Waals surface area (Å²) in [4.78, 5) is 0. The SMILES string of the molecule is C=CS(=O)(=O)N1CCOCC1c1c(C)nn(-c2ccccc2F)c1C. The molecule has 0 bridgehead atoms. The first-order valence-corrected chi connectivity index (χ1v) is 9.40. The van der Waals surface area contributed by atoms with E-state index < -0.39 is 21.9 Å². The highest BCUT2D eigenvalue weighted by Crippen LogP contribution is 2.33. The van der Waals surface area contributed by atoms with E-state index in [4.69, 9.17) is 4.74 Å². The zero-order valence-corrected chi connectivity index (χ0v) is 15.0. The van der Waals surface area contributed by atoms with Crippen LogP contribution in [0.4, 0.5) is 4.39 Å². The molecule has 0 saturated carbocycles. The maximum atomic E-state index is 14.2. The fourth-order valence-corrected chi connectivity index (χ4v) is 4.25. The van der Waals surface area contributed by atoms with Crippen LogP contribution in [0.15, 0.2) is 36.3 Å². The smallest absolute Gasteiger partial charge is 0.236 e. The lowest BCUT2D eigenvalue weighted by molar-refractivity contribution is 0.0322. The second kappa shape index (κ2) is 6.70. The maximum Gasteiger partial charge on any atom is 0.236 e. The monoisotopic (exact) mass is 365 g/mol. The summed E-state index contributed by atoms with van der Waals surface area (Å²) in [5, 5.41) is 5.37. The molecule has 0 N–H and O–H groups in total. The Morgan fingerprint density at radius 2 is 2.08 bits per heavy atom. The molecule has 3 rings (SSSR count). The van der Waals surface area contributed by atoms with E-state index in [1.165, 1.54) is 15.1 Å². The molecule has 1 unspecified atom stereocenters. The molecule has 1 aliphatic rings. The highest BCUT2D eigenvalue weighted by Gasteiger charge is 2.35. The Hall–Kier alpha value is -2.03. The molecule has 6 nitrogen and oxygen atoms in total. The molecule has 1 fully saturated rings. The van der Waals surface area contributed by atoms with E-state index in [9.17, 15) is 12.8 Å². The highest BCUT2D eigenvalue weighted by atomic mass is 32.2. The van der Waals surface area contributed by atoms with Crippen molar-refractivity contribution in [1.82, 2.24) is 14.1 Å². The molecule has 1 atom stereocenters. The first-order chi connectivity index (χ1) is 11.9. The van der Waals surface area contributed by atoms with Gasteiger partial charge >= 0.3 is 0 Å². The first-order valence-electron chi connectivity index (χ1n) is 7.90. The van der Waals surface area contributed by atoms with Gasteiger partial charge in [-0.15, -0.1) is 0 Å². The topological polar surface area (TPSA) is 64.4 Å². The van der Waals surface area contributed by atoms with Crippen molar-refractivity contribution in [2.45, 2.75) is 19.9 Å². The average Bonchev–Trinajstić information content (AvgIpc) is 2.89. The number of morpholine rings is 1. The van der Waals surface area contributed by atoms with Crippen molar-refractivity contribution in [2.24, 2.45) is 0 Å². The summed E-state index contributed by atoms with van der Waals surface area (Å²) in [7, 11) is -3.61. The standard InChI is InChI=1S/C17H20FN3O3S/c1-4-25(22,23)20-9-10-24-11-16(20)17-12(2)19-21(13(17)3)15-8-6-5-7-14(15)18/h4-8,16H,1,9-11H2,2-3H3. The van der Waals surface area contributed by atoms with Gasteiger partial charge in [0, 0.05) is 23.2 Å². The molecule has 134 valence electrons. The van der Waals surface area contributed by atoms with Crippen LogP contribution in [0.5, 0.6) is 0 Å². The van der Waals surface area contributed by atoms with Crippen LogP contribution in [0.1, 0.15) is 23.0 Å². The van der Waals surface area contributed by atoms with Crippen molar-refractivity contribution in [3.8, 4) is 5.69 Å². The third-order valence-electron chi connectivity index (χ3n) is 4.38. The quantitative estimate of drug-likeness (QED) is 0.835. The summed E-state index contributed by atoms with van der Waals surface area (Å²) in [5.74, 6) is -0.393. The van der Waals surface area contributed by atoms with Gasteiger partial charge in [0.2, 0.25) is 10.0 Å². The minimum Gasteiger partial charge on any atom is -0.378 e. The van der Waals surface area contributed by atoms with Gasteiger partial charge in [-0.3, -0.25) is 0 Å². The Kier molecular flexibility index (Phi) is 4.77. The number of benzene rings is 1. The van der Waals surface area contributed by atoms with Crippen LogP contribution in [-0.4, -0.2) is 42.3 Å². The van der Waals surface area contributed by atoms with Gasteiger partial charge in [0.1, 0.15) is 11.5 Å². The number of aromatic nitrogens is 2. The van der Waals surface area contributed by atoms with E-state index >= 15 is 0 Å². The van der Waals surface area contributed by atoms with E-state index in [1.807, 2.05) is 0 Å². The van der Waals surface area contributed by atoms with Crippen molar-refractivity contribution in [1.29, 1.82) is 0 Å². The fraction of sp³-hybridized carbons (Fsp3) is 0.353. The van der Waals surface area contributed by atoms with Crippen molar-refractivity contribution in [3.05, 3.63) is 59.0 Å². The second-order valence-electron chi connectivity index (χ2n) is 5.86. The van der Waals surface area contributed by atoms with Gasteiger partial charge in [-0.05, 0) is 26.0 Å². The van der Waals surface area contributed by atoms with E-state index in [0.717, 1.165) is 11.0 Å². The molecule has 0 spiro atoms. The Bertz CT molecular complexity index is 908. The largest absolute Gasteiger partial charge is 0.378 e. The Labute approximate surface area is 146 Å². The molecule has 1 aromatic heterocycles. The van der Waals surface area contributed by atoms with Crippen LogP contribution in [0.3, 0.4) is 0 Å². The molecule has 0 aliphatic carbocycles. The number of halogens is 1. The molecule has 0 amide bonds. The lowest BCUT2D eigenvalue weighted by atomic mass is 10.0. The number of sulfonamides is 1. The van der Waals surface area contributed by atoms with Gasteiger partial charge < -0.3 is 4.74 Å². The summed E-state index contributed by atoms with van der Waals surface area (Å²) < 4.78 is 47.2. The third-order valence-corrected chi connectivity index (χ3v) is 5.89. The summed E-state index contributed by atoms with van der Waals surface area (Å²) >= 11 is 0. The number of hydrogen-bond acceptors (Lipinski definition) is 4. The summed E-state index contributed by atoms with van der Waals surface area (Å²) in [5.41, 5.74) is 2.38. The van der Waals surface area contributed by atoms with E-state index in [2.05, 4.69) is 11.7 Å². The highest BCUT2D eigenvalue weighted by molar-refractivity contribution is 7.92. The third kappa shape index (κ3) is 3.12.